The van der Waals surface area contributed by atoms with Crippen LogP contribution in [0.15, 0.2) is 54.6 Å². The van der Waals surface area contributed by atoms with E-state index in [9.17, 15) is 14.9 Å². The van der Waals surface area contributed by atoms with Gasteiger partial charge in [0, 0.05) is 25.7 Å². The zero-order valence-electron chi connectivity index (χ0n) is 12.1. The van der Waals surface area contributed by atoms with Gasteiger partial charge in [-0.3, -0.25) is 10.1 Å². The largest absolute Gasteiger partial charge is 0.445 e. The predicted molar refractivity (Wildman–Crippen MR) is 81.2 cm³/mol. The van der Waals surface area contributed by atoms with Crippen molar-refractivity contribution in [3.05, 3.63) is 75.8 Å². The van der Waals surface area contributed by atoms with E-state index in [2.05, 4.69) is 0 Å². The lowest BCUT2D eigenvalue weighted by Crippen LogP contribution is -2.26. The summed E-state index contributed by atoms with van der Waals surface area (Å²) in [5.41, 5.74) is 1.58. The maximum Gasteiger partial charge on any atom is 0.410 e. The summed E-state index contributed by atoms with van der Waals surface area (Å²) in [5, 5.41) is 10.7. The van der Waals surface area contributed by atoms with E-state index >= 15 is 0 Å². The maximum absolute atomic E-state index is 11.9. The third-order valence-electron chi connectivity index (χ3n) is 3.06. The Balaban J connectivity index is 1.91. The summed E-state index contributed by atoms with van der Waals surface area (Å²) in [4.78, 5) is 23.6. The van der Waals surface area contributed by atoms with Gasteiger partial charge in [-0.25, -0.2) is 4.79 Å². The molecule has 6 nitrogen and oxygen atoms in total. The van der Waals surface area contributed by atoms with Crippen molar-refractivity contribution in [1.29, 1.82) is 0 Å². The molecule has 1 amide bonds. The molecule has 0 atom stereocenters. The molecule has 2 aromatic rings. The lowest BCUT2D eigenvalue weighted by atomic mass is 10.2. The standard InChI is InChI=1S/C16H16N2O4/c1-17(11-14-8-5-9-15(10-14)18(20)21)16(19)22-12-13-6-3-2-4-7-13/h2-10H,11-12H2,1H3. The monoisotopic (exact) mass is 300 g/mol. The third kappa shape index (κ3) is 4.31. The molecule has 0 fully saturated rings. The van der Waals surface area contributed by atoms with Gasteiger partial charge in [0.15, 0.2) is 0 Å². The summed E-state index contributed by atoms with van der Waals surface area (Å²) in [6.45, 7) is 0.439. The molecule has 0 saturated carbocycles. The van der Waals surface area contributed by atoms with Gasteiger partial charge in [-0.2, -0.15) is 0 Å². The molecule has 2 rings (SSSR count). The second kappa shape index (κ2) is 7.21. The normalized spacial score (nSPS) is 10.0. The van der Waals surface area contributed by atoms with Crippen LogP contribution in [0.1, 0.15) is 11.1 Å². The number of nitro groups is 1. The Morgan fingerprint density at radius 2 is 1.82 bits per heavy atom. The predicted octanol–water partition coefficient (Wildman–Crippen LogP) is 3.36. The summed E-state index contributed by atoms with van der Waals surface area (Å²) in [5.74, 6) is 0. The van der Waals surface area contributed by atoms with Crippen LogP contribution in [0, 0.1) is 10.1 Å². The van der Waals surface area contributed by atoms with Crippen LogP contribution in [0.3, 0.4) is 0 Å². The Hall–Kier alpha value is -2.89. The summed E-state index contributed by atoms with van der Waals surface area (Å²) in [6.07, 6.45) is -0.477. The molecule has 0 aliphatic rings. The van der Waals surface area contributed by atoms with Gasteiger partial charge in [0.25, 0.3) is 5.69 Å². The fraction of sp³-hybridized carbons (Fsp3) is 0.188. The van der Waals surface area contributed by atoms with Gasteiger partial charge in [0.1, 0.15) is 6.61 Å². The number of ether oxygens (including phenoxy) is 1. The fourth-order valence-corrected chi connectivity index (χ4v) is 1.94. The van der Waals surface area contributed by atoms with Crippen molar-refractivity contribution in [2.75, 3.05) is 7.05 Å². The number of non-ortho nitro benzene ring substituents is 1. The summed E-state index contributed by atoms with van der Waals surface area (Å²) in [7, 11) is 1.59. The van der Waals surface area contributed by atoms with Crippen molar-refractivity contribution < 1.29 is 14.5 Å². The first-order valence-electron chi connectivity index (χ1n) is 6.71. The molecule has 0 N–H and O–H groups in total. The molecule has 2 aromatic carbocycles. The molecule has 6 heteroatoms. The zero-order chi connectivity index (χ0) is 15.9. The minimum absolute atomic E-state index is 0.00329. The lowest BCUT2D eigenvalue weighted by molar-refractivity contribution is -0.384. The Bertz CT molecular complexity index is 658. The van der Waals surface area contributed by atoms with Gasteiger partial charge in [-0.05, 0) is 11.1 Å². The zero-order valence-corrected chi connectivity index (χ0v) is 12.1. The highest BCUT2D eigenvalue weighted by molar-refractivity contribution is 5.67. The van der Waals surface area contributed by atoms with E-state index in [-0.39, 0.29) is 18.8 Å². The molecule has 0 heterocycles. The molecular formula is C16H16N2O4. The van der Waals surface area contributed by atoms with Crippen molar-refractivity contribution in [3.8, 4) is 0 Å². The molecule has 0 radical (unpaired) electrons. The molecule has 114 valence electrons. The number of rotatable bonds is 5. The van der Waals surface area contributed by atoms with Crippen LogP contribution in [-0.4, -0.2) is 23.0 Å². The number of hydrogen-bond acceptors (Lipinski definition) is 4. The smallest absolute Gasteiger partial charge is 0.410 e. The SMILES string of the molecule is CN(Cc1cccc([N+](=O)[O-])c1)C(=O)OCc1ccccc1. The summed E-state index contributed by atoms with van der Waals surface area (Å²) >= 11 is 0. The molecule has 0 aromatic heterocycles. The minimum atomic E-state index is -0.477. The van der Waals surface area contributed by atoms with Crippen LogP contribution in [0.5, 0.6) is 0 Å². The molecule has 0 unspecified atom stereocenters. The van der Waals surface area contributed by atoms with Crippen LogP contribution < -0.4 is 0 Å². The van der Waals surface area contributed by atoms with Gasteiger partial charge in [-0.1, -0.05) is 42.5 Å². The van der Waals surface area contributed by atoms with Gasteiger partial charge in [0.05, 0.1) is 4.92 Å². The maximum atomic E-state index is 11.9. The summed E-state index contributed by atoms with van der Waals surface area (Å²) in [6, 6.07) is 15.6. The van der Waals surface area contributed by atoms with E-state index in [0.717, 1.165) is 5.56 Å². The number of nitro benzene ring substituents is 1. The average Bonchev–Trinajstić information content (AvgIpc) is 2.53. The molecule has 0 aliphatic heterocycles. The molecule has 0 aliphatic carbocycles. The van der Waals surface area contributed by atoms with Gasteiger partial charge < -0.3 is 9.64 Å². The van der Waals surface area contributed by atoms with E-state index in [1.165, 1.54) is 17.0 Å². The highest BCUT2D eigenvalue weighted by Crippen LogP contribution is 2.14. The molecule has 0 saturated heterocycles. The van der Waals surface area contributed by atoms with Crippen molar-refractivity contribution in [2.24, 2.45) is 0 Å². The first-order chi connectivity index (χ1) is 10.6. The van der Waals surface area contributed by atoms with Gasteiger partial charge >= 0.3 is 6.09 Å². The van der Waals surface area contributed by atoms with Gasteiger partial charge in [0.2, 0.25) is 0 Å². The Morgan fingerprint density at radius 1 is 1.14 bits per heavy atom. The van der Waals surface area contributed by atoms with Crippen molar-refractivity contribution in [1.82, 2.24) is 4.90 Å². The van der Waals surface area contributed by atoms with Crippen LogP contribution in [0.25, 0.3) is 0 Å². The number of benzene rings is 2. The minimum Gasteiger partial charge on any atom is -0.445 e. The Morgan fingerprint density at radius 3 is 2.50 bits per heavy atom. The highest BCUT2D eigenvalue weighted by Gasteiger charge is 2.13. The Kier molecular flexibility index (Phi) is 5.08. The second-order valence-corrected chi connectivity index (χ2v) is 4.82. The second-order valence-electron chi connectivity index (χ2n) is 4.82. The van der Waals surface area contributed by atoms with Crippen molar-refractivity contribution >= 4 is 11.8 Å². The lowest BCUT2D eigenvalue weighted by Gasteiger charge is -2.17. The first-order valence-corrected chi connectivity index (χ1v) is 6.71. The van der Waals surface area contributed by atoms with Crippen LogP contribution in [0.4, 0.5) is 10.5 Å². The molecule has 22 heavy (non-hydrogen) atoms. The molecule has 0 bridgehead atoms. The van der Waals surface area contributed by atoms with Crippen LogP contribution >= 0.6 is 0 Å². The Labute approximate surface area is 128 Å². The van der Waals surface area contributed by atoms with E-state index in [1.54, 1.807) is 19.2 Å². The number of carbonyl (C=O) groups excluding carboxylic acids is 1. The third-order valence-corrected chi connectivity index (χ3v) is 3.06. The van der Waals surface area contributed by atoms with E-state index in [1.807, 2.05) is 30.3 Å². The first kappa shape index (κ1) is 15.5. The average molecular weight is 300 g/mol. The van der Waals surface area contributed by atoms with Crippen molar-refractivity contribution in [2.45, 2.75) is 13.2 Å². The van der Waals surface area contributed by atoms with E-state index in [4.69, 9.17) is 4.74 Å². The number of carbonyl (C=O) groups is 1. The topological polar surface area (TPSA) is 72.7 Å². The highest BCUT2D eigenvalue weighted by atomic mass is 16.6. The quantitative estimate of drug-likeness (QED) is 0.627. The van der Waals surface area contributed by atoms with Gasteiger partial charge in [-0.15, -0.1) is 0 Å². The van der Waals surface area contributed by atoms with Crippen molar-refractivity contribution in [3.63, 3.8) is 0 Å². The number of hydrogen-bond donors (Lipinski definition) is 0. The van der Waals surface area contributed by atoms with Crippen LogP contribution in [-0.2, 0) is 17.9 Å². The number of nitrogens with zero attached hydrogens (tertiary/aromatic N) is 2. The van der Waals surface area contributed by atoms with E-state index in [0.29, 0.717) is 5.56 Å². The number of amides is 1. The van der Waals surface area contributed by atoms with Crippen LogP contribution in [0.2, 0.25) is 0 Å². The molecule has 0 spiro atoms. The molecular weight excluding hydrogens is 284 g/mol. The van der Waals surface area contributed by atoms with E-state index < -0.39 is 11.0 Å². The fourth-order valence-electron chi connectivity index (χ4n) is 1.94. The summed E-state index contributed by atoms with van der Waals surface area (Å²) < 4.78 is 5.19.